The quantitative estimate of drug-likeness (QED) is 0.664. The Morgan fingerprint density at radius 3 is 3.05 bits per heavy atom. The van der Waals surface area contributed by atoms with Crippen LogP contribution in [0.15, 0.2) is 23.8 Å². The lowest BCUT2D eigenvalue weighted by Crippen LogP contribution is -2.04. The monoisotopic (exact) mass is 290 g/mol. The van der Waals surface area contributed by atoms with Crippen molar-refractivity contribution in [2.24, 2.45) is 0 Å². The van der Waals surface area contributed by atoms with Crippen LogP contribution in [0.25, 0.3) is 0 Å². The van der Waals surface area contributed by atoms with Gasteiger partial charge in [0.25, 0.3) is 5.69 Å². The van der Waals surface area contributed by atoms with E-state index in [-0.39, 0.29) is 18.0 Å². The molecule has 2 heterocycles. The molecule has 1 aromatic carbocycles. The zero-order chi connectivity index (χ0) is 14.1. The summed E-state index contributed by atoms with van der Waals surface area (Å²) in [5.74, 6) is -0.145. The standard InChI is InChI=1S/C12H10N4O3S/c17-12-2-7-1-11(16(18)19)10(3-9(7)15-12)14-5-8-4-13-6-20-8/h1,3-4,6,14H,2,5H2,(H,15,17). The van der Waals surface area contributed by atoms with Gasteiger partial charge >= 0.3 is 0 Å². The first-order valence-corrected chi connectivity index (χ1v) is 6.74. The fraction of sp³-hybridized carbons (Fsp3) is 0.167. The average Bonchev–Trinajstić information content (AvgIpc) is 3.02. The van der Waals surface area contributed by atoms with Crippen molar-refractivity contribution in [3.63, 3.8) is 0 Å². The fourth-order valence-electron chi connectivity index (χ4n) is 2.07. The molecule has 7 nitrogen and oxygen atoms in total. The zero-order valence-electron chi connectivity index (χ0n) is 10.3. The van der Waals surface area contributed by atoms with Crippen LogP contribution in [0.2, 0.25) is 0 Å². The minimum atomic E-state index is -0.446. The van der Waals surface area contributed by atoms with Crippen LogP contribution in [0.5, 0.6) is 0 Å². The van der Waals surface area contributed by atoms with Gasteiger partial charge in [-0.15, -0.1) is 11.3 Å². The molecule has 0 fully saturated rings. The number of benzene rings is 1. The van der Waals surface area contributed by atoms with E-state index in [0.717, 1.165) is 4.88 Å². The highest BCUT2D eigenvalue weighted by Gasteiger charge is 2.24. The highest BCUT2D eigenvalue weighted by molar-refractivity contribution is 7.09. The average molecular weight is 290 g/mol. The van der Waals surface area contributed by atoms with E-state index in [2.05, 4.69) is 15.6 Å². The molecule has 0 saturated heterocycles. The van der Waals surface area contributed by atoms with Gasteiger partial charge in [0.2, 0.25) is 5.91 Å². The number of rotatable bonds is 4. The maximum atomic E-state index is 11.3. The summed E-state index contributed by atoms with van der Waals surface area (Å²) in [5.41, 5.74) is 3.36. The molecule has 0 saturated carbocycles. The van der Waals surface area contributed by atoms with Gasteiger partial charge < -0.3 is 10.6 Å². The number of carbonyl (C=O) groups is 1. The van der Waals surface area contributed by atoms with Crippen LogP contribution in [-0.2, 0) is 17.8 Å². The first kappa shape index (κ1) is 12.5. The van der Waals surface area contributed by atoms with Crippen LogP contribution in [-0.4, -0.2) is 15.8 Å². The van der Waals surface area contributed by atoms with Crippen LogP contribution in [0.4, 0.5) is 17.1 Å². The summed E-state index contributed by atoms with van der Waals surface area (Å²) in [6.07, 6.45) is 1.89. The number of thiazole rings is 1. The molecule has 2 aromatic rings. The number of fused-ring (bicyclic) bond motifs is 1. The maximum absolute atomic E-state index is 11.3. The van der Waals surface area contributed by atoms with Crippen molar-refractivity contribution in [1.82, 2.24) is 4.98 Å². The van der Waals surface area contributed by atoms with Gasteiger partial charge in [0.1, 0.15) is 5.69 Å². The van der Waals surface area contributed by atoms with Gasteiger partial charge in [0.05, 0.1) is 23.4 Å². The second kappa shape index (κ2) is 4.89. The predicted molar refractivity (Wildman–Crippen MR) is 74.9 cm³/mol. The third-order valence-corrected chi connectivity index (χ3v) is 3.76. The van der Waals surface area contributed by atoms with E-state index >= 15 is 0 Å². The van der Waals surface area contributed by atoms with Gasteiger partial charge in [-0.2, -0.15) is 0 Å². The Morgan fingerprint density at radius 2 is 2.35 bits per heavy atom. The molecule has 0 spiro atoms. The Bertz CT molecular complexity index is 684. The molecular weight excluding hydrogens is 280 g/mol. The Labute approximate surface area is 117 Å². The molecular formula is C12H10N4O3S. The number of hydrogen-bond donors (Lipinski definition) is 2. The molecule has 102 valence electrons. The molecule has 1 amide bonds. The second-order valence-corrected chi connectivity index (χ2v) is 5.30. The topological polar surface area (TPSA) is 97.2 Å². The van der Waals surface area contributed by atoms with Crippen LogP contribution in [0.1, 0.15) is 10.4 Å². The number of nitro groups is 1. The Kier molecular flexibility index (Phi) is 3.07. The Hall–Kier alpha value is -2.48. The van der Waals surface area contributed by atoms with Gasteiger partial charge in [-0.05, 0) is 11.6 Å². The number of amides is 1. The maximum Gasteiger partial charge on any atom is 0.292 e. The normalized spacial score (nSPS) is 12.9. The number of anilines is 2. The molecule has 2 N–H and O–H groups in total. The number of nitrogens with zero attached hydrogens (tertiary/aromatic N) is 2. The van der Waals surface area contributed by atoms with E-state index in [1.54, 1.807) is 17.8 Å². The van der Waals surface area contributed by atoms with E-state index in [0.29, 0.717) is 23.5 Å². The van der Waals surface area contributed by atoms with Gasteiger partial charge in [0.15, 0.2) is 0 Å². The van der Waals surface area contributed by atoms with Crippen LogP contribution >= 0.6 is 11.3 Å². The third kappa shape index (κ3) is 2.32. The molecule has 1 aliphatic heterocycles. The van der Waals surface area contributed by atoms with Crippen molar-refractivity contribution in [1.29, 1.82) is 0 Å². The van der Waals surface area contributed by atoms with Gasteiger partial charge in [-0.25, -0.2) is 0 Å². The largest absolute Gasteiger partial charge is 0.374 e. The van der Waals surface area contributed by atoms with Crippen molar-refractivity contribution >= 4 is 34.3 Å². The number of nitro benzene ring substituents is 1. The predicted octanol–water partition coefficient (Wildman–Crippen LogP) is 2.16. The first-order chi connectivity index (χ1) is 9.63. The van der Waals surface area contributed by atoms with E-state index in [1.165, 1.54) is 17.4 Å². The van der Waals surface area contributed by atoms with Crippen molar-refractivity contribution < 1.29 is 9.72 Å². The summed E-state index contributed by atoms with van der Waals surface area (Å²) in [6.45, 7) is 0.457. The molecule has 1 aliphatic rings. The summed E-state index contributed by atoms with van der Waals surface area (Å²) in [4.78, 5) is 26.9. The molecule has 8 heteroatoms. The molecule has 0 unspecified atom stereocenters. The smallest absolute Gasteiger partial charge is 0.292 e. The van der Waals surface area contributed by atoms with Crippen LogP contribution in [0, 0.1) is 10.1 Å². The first-order valence-electron chi connectivity index (χ1n) is 5.86. The number of carbonyl (C=O) groups excluding carboxylic acids is 1. The van der Waals surface area contributed by atoms with Crippen LogP contribution in [0.3, 0.4) is 0 Å². The summed E-state index contributed by atoms with van der Waals surface area (Å²) in [7, 11) is 0. The van der Waals surface area contributed by atoms with E-state index in [1.807, 2.05) is 0 Å². The van der Waals surface area contributed by atoms with Gasteiger partial charge in [-0.1, -0.05) is 0 Å². The Balaban J connectivity index is 1.90. The highest BCUT2D eigenvalue weighted by Crippen LogP contribution is 2.34. The summed E-state index contributed by atoms with van der Waals surface area (Å²) in [5, 5.41) is 16.8. The second-order valence-electron chi connectivity index (χ2n) is 4.33. The summed E-state index contributed by atoms with van der Waals surface area (Å²) >= 11 is 1.47. The van der Waals surface area contributed by atoms with E-state index in [9.17, 15) is 14.9 Å². The minimum absolute atomic E-state index is 0.0234. The van der Waals surface area contributed by atoms with Gasteiger partial charge in [-0.3, -0.25) is 19.9 Å². The Morgan fingerprint density at radius 1 is 1.50 bits per heavy atom. The van der Waals surface area contributed by atoms with E-state index < -0.39 is 4.92 Å². The molecule has 1 aromatic heterocycles. The van der Waals surface area contributed by atoms with Crippen LogP contribution < -0.4 is 10.6 Å². The molecule has 0 aliphatic carbocycles. The summed E-state index contributed by atoms with van der Waals surface area (Å²) in [6, 6.07) is 3.06. The zero-order valence-corrected chi connectivity index (χ0v) is 11.1. The minimum Gasteiger partial charge on any atom is -0.374 e. The lowest BCUT2D eigenvalue weighted by Gasteiger charge is -2.08. The summed E-state index contributed by atoms with van der Waals surface area (Å²) < 4.78 is 0. The molecule has 0 atom stereocenters. The lowest BCUT2D eigenvalue weighted by molar-refractivity contribution is -0.384. The van der Waals surface area contributed by atoms with Crippen molar-refractivity contribution in [3.05, 3.63) is 44.4 Å². The number of aromatic nitrogens is 1. The number of nitrogens with one attached hydrogen (secondary N) is 2. The molecule has 0 bridgehead atoms. The van der Waals surface area contributed by atoms with E-state index in [4.69, 9.17) is 0 Å². The number of hydrogen-bond acceptors (Lipinski definition) is 6. The third-order valence-electron chi connectivity index (χ3n) is 2.98. The van der Waals surface area contributed by atoms with Crippen molar-refractivity contribution in [3.8, 4) is 0 Å². The highest BCUT2D eigenvalue weighted by atomic mass is 32.1. The fourth-order valence-corrected chi connectivity index (χ4v) is 2.60. The SMILES string of the molecule is O=C1Cc2cc([N+](=O)[O-])c(NCc3cncs3)cc2N1. The van der Waals surface area contributed by atoms with Gasteiger partial charge in [0, 0.05) is 22.8 Å². The molecule has 0 radical (unpaired) electrons. The lowest BCUT2D eigenvalue weighted by atomic mass is 10.1. The molecule has 20 heavy (non-hydrogen) atoms. The molecule has 3 rings (SSSR count). The van der Waals surface area contributed by atoms with Crippen molar-refractivity contribution in [2.45, 2.75) is 13.0 Å². The van der Waals surface area contributed by atoms with Crippen molar-refractivity contribution in [2.75, 3.05) is 10.6 Å².